The van der Waals surface area contributed by atoms with Crippen LogP contribution in [0.25, 0.3) is 0 Å². The Morgan fingerprint density at radius 2 is 2.00 bits per heavy atom. The molecule has 1 saturated heterocycles. The second kappa shape index (κ2) is 11.4. The van der Waals surface area contributed by atoms with Crippen molar-refractivity contribution in [1.82, 2.24) is 14.8 Å². The van der Waals surface area contributed by atoms with E-state index < -0.39 is 0 Å². The van der Waals surface area contributed by atoms with Gasteiger partial charge in [-0.1, -0.05) is 17.7 Å². The van der Waals surface area contributed by atoms with E-state index in [0.29, 0.717) is 17.6 Å². The first kappa shape index (κ1) is 21.8. The lowest BCUT2D eigenvalue weighted by molar-refractivity contribution is -0.904. The molecule has 6 nitrogen and oxygen atoms in total. The molecule has 2 rings (SSSR count). The predicted molar refractivity (Wildman–Crippen MR) is 94.8 cm³/mol. The van der Waals surface area contributed by atoms with Crippen molar-refractivity contribution in [2.75, 3.05) is 52.4 Å². The zero-order chi connectivity index (χ0) is 17.4. The fourth-order valence-corrected chi connectivity index (χ4v) is 3.08. The standard InChI is InChI=1S/C17H27ClN4O2.ClH/c1-3-21(4-2)17(23)22-12-10-20(11-13-22)9-6-14-24-16-8-5-7-15(18)19-16;/h5,7-8H,3-4,6,9-14H2,1-2H3;1H. The summed E-state index contributed by atoms with van der Waals surface area (Å²) in [7, 11) is 0. The maximum Gasteiger partial charge on any atom is 0.320 e. The largest absolute Gasteiger partial charge is 1.00 e. The average Bonchev–Trinajstić information content (AvgIpc) is 2.60. The third-order valence-electron chi connectivity index (χ3n) is 4.39. The number of quaternary nitrogens is 1. The van der Waals surface area contributed by atoms with E-state index in [1.807, 2.05) is 35.8 Å². The van der Waals surface area contributed by atoms with Gasteiger partial charge in [-0.15, -0.1) is 0 Å². The quantitative estimate of drug-likeness (QED) is 0.440. The summed E-state index contributed by atoms with van der Waals surface area (Å²) in [6.45, 7) is 11.0. The lowest BCUT2D eigenvalue weighted by Crippen LogP contribution is -3.14. The number of amides is 2. The summed E-state index contributed by atoms with van der Waals surface area (Å²) >= 11 is 5.83. The zero-order valence-electron chi connectivity index (χ0n) is 15.0. The number of nitrogens with one attached hydrogen (secondary N) is 1. The van der Waals surface area contributed by atoms with E-state index >= 15 is 0 Å². The molecule has 1 aliphatic rings. The minimum atomic E-state index is 0. The van der Waals surface area contributed by atoms with Crippen LogP contribution in [0.3, 0.4) is 0 Å². The molecule has 0 saturated carbocycles. The van der Waals surface area contributed by atoms with E-state index in [4.69, 9.17) is 16.3 Å². The van der Waals surface area contributed by atoms with Crippen molar-refractivity contribution in [3.05, 3.63) is 23.4 Å². The van der Waals surface area contributed by atoms with Crippen LogP contribution in [0.15, 0.2) is 18.2 Å². The minimum absolute atomic E-state index is 0. The van der Waals surface area contributed by atoms with Crippen molar-refractivity contribution in [2.24, 2.45) is 0 Å². The number of hydrogen-bond acceptors (Lipinski definition) is 3. The Kier molecular flexibility index (Phi) is 9.93. The van der Waals surface area contributed by atoms with Crippen LogP contribution in [0.5, 0.6) is 5.88 Å². The highest BCUT2D eigenvalue weighted by Gasteiger charge is 2.25. The van der Waals surface area contributed by atoms with Gasteiger partial charge in [0.25, 0.3) is 0 Å². The molecule has 142 valence electrons. The Morgan fingerprint density at radius 3 is 2.60 bits per heavy atom. The smallest absolute Gasteiger partial charge is 0.320 e. The van der Waals surface area contributed by atoms with E-state index in [9.17, 15) is 4.79 Å². The Labute approximate surface area is 161 Å². The van der Waals surface area contributed by atoms with Gasteiger partial charge >= 0.3 is 6.03 Å². The van der Waals surface area contributed by atoms with Crippen LogP contribution in [0.4, 0.5) is 4.79 Å². The molecule has 0 aliphatic carbocycles. The Hall–Kier alpha value is -1.24. The summed E-state index contributed by atoms with van der Waals surface area (Å²) in [5.74, 6) is 0.576. The number of nitrogens with zero attached hydrogens (tertiary/aromatic N) is 3. The summed E-state index contributed by atoms with van der Waals surface area (Å²) in [5.41, 5.74) is 0. The van der Waals surface area contributed by atoms with Crippen LogP contribution < -0.4 is 22.0 Å². The molecule has 25 heavy (non-hydrogen) atoms. The average molecular weight is 391 g/mol. The predicted octanol–water partition coefficient (Wildman–Crippen LogP) is -1.83. The van der Waals surface area contributed by atoms with E-state index in [2.05, 4.69) is 4.98 Å². The molecule has 1 aromatic heterocycles. The number of pyridine rings is 1. The fourth-order valence-electron chi connectivity index (χ4n) is 2.93. The van der Waals surface area contributed by atoms with E-state index in [1.54, 1.807) is 6.07 Å². The van der Waals surface area contributed by atoms with Crippen LogP contribution in [0.1, 0.15) is 20.3 Å². The first-order valence-electron chi connectivity index (χ1n) is 8.76. The van der Waals surface area contributed by atoms with Gasteiger partial charge < -0.3 is 31.8 Å². The van der Waals surface area contributed by atoms with Crippen molar-refractivity contribution in [1.29, 1.82) is 0 Å². The highest BCUT2D eigenvalue weighted by atomic mass is 35.5. The van der Waals surface area contributed by atoms with Crippen LogP contribution in [0.2, 0.25) is 5.15 Å². The van der Waals surface area contributed by atoms with Gasteiger partial charge in [-0.3, -0.25) is 0 Å². The highest BCUT2D eigenvalue weighted by molar-refractivity contribution is 6.29. The molecular weight excluding hydrogens is 363 g/mol. The minimum Gasteiger partial charge on any atom is -1.00 e. The molecule has 1 fully saturated rings. The normalized spacial score (nSPS) is 14.8. The first-order chi connectivity index (χ1) is 11.6. The highest BCUT2D eigenvalue weighted by Crippen LogP contribution is 2.11. The number of urea groups is 1. The molecule has 0 radical (unpaired) electrons. The molecular formula is C17H28Cl2N4O2. The zero-order valence-corrected chi connectivity index (χ0v) is 16.5. The van der Waals surface area contributed by atoms with Crippen LogP contribution in [0, 0.1) is 0 Å². The van der Waals surface area contributed by atoms with E-state index in [-0.39, 0.29) is 18.4 Å². The number of piperazine rings is 1. The Balaban J connectivity index is 0.00000312. The number of rotatable bonds is 7. The molecule has 0 spiro atoms. The molecule has 0 aromatic carbocycles. The third-order valence-corrected chi connectivity index (χ3v) is 4.60. The molecule has 2 heterocycles. The molecule has 8 heteroatoms. The maximum absolute atomic E-state index is 12.3. The van der Waals surface area contributed by atoms with Crippen molar-refractivity contribution < 1.29 is 26.8 Å². The second-order valence-electron chi connectivity index (χ2n) is 5.94. The van der Waals surface area contributed by atoms with Gasteiger partial charge in [0.1, 0.15) is 5.15 Å². The van der Waals surface area contributed by atoms with Crippen molar-refractivity contribution >= 4 is 17.6 Å². The molecule has 1 N–H and O–H groups in total. The van der Waals surface area contributed by atoms with Crippen LogP contribution in [-0.4, -0.2) is 73.2 Å². The molecule has 0 unspecified atom stereocenters. The van der Waals surface area contributed by atoms with Gasteiger partial charge in [0.05, 0.1) is 39.3 Å². The summed E-state index contributed by atoms with van der Waals surface area (Å²) in [6.07, 6.45) is 0.966. The Morgan fingerprint density at radius 1 is 1.32 bits per heavy atom. The summed E-state index contributed by atoms with van der Waals surface area (Å²) in [5, 5.41) is 0.451. The SMILES string of the molecule is CCN(CC)C(=O)N1CC[NH+](CCCOc2cccc(Cl)n2)CC1.[Cl-]. The van der Waals surface area contributed by atoms with Crippen molar-refractivity contribution in [2.45, 2.75) is 20.3 Å². The number of hydrogen-bond donors (Lipinski definition) is 1. The molecule has 1 aliphatic heterocycles. The Bertz CT molecular complexity index is 521. The number of carbonyl (C=O) groups is 1. The first-order valence-corrected chi connectivity index (χ1v) is 9.14. The number of carbonyl (C=O) groups excluding carboxylic acids is 1. The number of halogens is 2. The molecule has 0 bridgehead atoms. The van der Waals surface area contributed by atoms with E-state index in [1.165, 1.54) is 4.90 Å². The summed E-state index contributed by atoms with van der Waals surface area (Å²) in [4.78, 5) is 21.8. The van der Waals surface area contributed by atoms with Crippen molar-refractivity contribution in [3.8, 4) is 5.88 Å². The van der Waals surface area contributed by atoms with Crippen LogP contribution >= 0.6 is 11.6 Å². The maximum atomic E-state index is 12.3. The second-order valence-corrected chi connectivity index (χ2v) is 6.33. The van der Waals surface area contributed by atoms with Gasteiger partial charge in [0.15, 0.2) is 0 Å². The number of aromatic nitrogens is 1. The van der Waals surface area contributed by atoms with Gasteiger partial charge in [-0.25, -0.2) is 9.78 Å². The van der Waals surface area contributed by atoms with Gasteiger partial charge in [0.2, 0.25) is 5.88 Å². The van der Waals surface area contributed by atoms with Gasteiger partial charge in [-0.05, 0) is 19.9 Å². The topological polar surface area (TPSA) is 50.1 Å². The molecule has 1 aromatic rings. The van der Waals surface area contributed by atoms with Gasteiger partial charge in [-0.2, -0.15) is 0 Å². The van der Waals surface area contributed by atoms with Crippen molar-refractivity contribution in [3.63, 3.8) is 0 Å². The third kappa shape index (κ3) is 6.88. The molecule has 0 atom stereocenters. The lowest BCUT2D eigenvalue weighted by atomic mass is 10.3. The monoisotopic (exact) mass is 390 g/mol. The summed E-state index contributed by atoms with van der Waals surface area (Å²) in [6, 6.07) is 5.56. The van der Waals surface area contributed by atoms with E-state index in [0.717, 1.165) is 52.2 Å². The van der Waals surface area contributed by atoms with Gasteiger partial charge in [0, 0.05) is 25.6 Å². The fraction of sp³-hybridized carbons (Fsp3) is 0.647. The summed E-state index contributed by atoms with van der Waals surface area (Å²) < 4.78 is 5.62. The number of ether oxygens (including phenoxy) is 1. The molecule has 2 amide bonds. The lowest BCUT2D eigenvalue weighted by Gasteiger charge is -2.35. The van der Waals surface area contributed by atoms with Crippen LogP contribution in [-0.2, 0) is 0 Å².